The topological polar surface area (TPSA) is 43.7 Å². The zero-order valence-corrected chi connectivity index (χ0v) is 12.6. The summed E-state index contributed by atoms with van der Waals surface area (Å²) in [6, 6.07) is 0.666. The lowest BCUT2D eigenvalue weighted by atomic mass is 9.74. The van der Waals surface area contributed by atoms with E-state index in [1.54, 1.807) is 0 Å². The molecular formula is C16H31NO2. The fourth-order valence-corrected chi connectivity index (χ4v) is 3.69. The minimum Gasteiger partial charge on any atom is -0.395 e. The van der Waals surface area contributed by atoms with Crippen LogP contribution in [-0.4, -0.2) is 47.0 Å². The van der Waals surface area contributed by atoms with Gasteiger partial charge in [0, 0.05) is 19.1 Å². The fraction of sp³-hybridized carbons (Fsp3) is 1.00. The first-order valence-corrected chi connectivity index (χ1v) is 8.14. The van der Waals surface area contributed by atoms with E-state index in [0.717, 1.165) is 37.8 Å². The first kappa shape index (κ1) is 15.3. The Morgan fingerprint density at radius 1 is 1.16 bits per heavy atom. The van der Waals surface area contributed by atoms with Crippen LogP contribution in [0.4, 0.5) is 0 Å². The molecule has 0 saturated heterocycles. The van der Waals surface area contributed by atoms with Gasteiger partial charge in [0.2, 0.25) is 0 Å². The van der Waals surface area contributed by atoms with Crippen molar-refractivity contribution in [1.82, 2.24) is 4.90 Å². The second-order valence-corrected chi connectivity index (χ2v) is 6.95. The number of aliphatic hydroxyl groups excluding tert-OH is 2. The van der Waals surface area contributed by atoms with E-state index in [2.05, 4.69) is 18.7 Å². The van der Waals surface area contributed by atoms with Crippen LogP contribution in [0.5, 0.6) is 0 Å². The Morgan fingerprint density at radius 3 is 2.42 bits per heavy atom. The molecule has 2 aliphatic rings. The Labute approximate surface area is 118 Å². The van der Waals surface area contributed by atoms with Crippen molar-refractivity contribution in [2.75, 3.05) is 19.7 Å². The SMILES string of the molecule is CC(C)C1CCC(O)C(CN(CCO)C2CCC2)C1. The maximum atomic E-state index is 10.3. The monoisotopic (exact) mass is 269 g/mol. The second-order valence-electron chi connectivity index (χ2n) is 6.95. The molecule has 19 heavy (non-hydrogen) atoms. The summed E-state index contributed by atoms with van der Waals surface area (Å²) in [6.07, 6.45) is 7.05. The molecule has 0 amide bonds. The van der Waals surface area contributed by atoms with Crippen molar-refractivity contribution in [3.05, 3.63) is 0 Å². The van der Waals surface area contributed by atoms with Gasteiger partial charge in [-0.05, 0) is 49.9 Å². The third-order valence-electron chi connectivity index (χ3n) is 5.37. The highest BCUT2D eigenvalue weighted by Gasteiger charge is 2.34. The molecule has 0 aromatic carbocycles. The average molecular weight is 269 g/mol. The van der Waals surface area contributed by atoms with Gasteiger partial charge >= 0.3 is 0 Å². The van der Waals surface area contributed by atoms with Crippen LogP contribution in [0.15, 0.2) is 0 Å². The maximum absolute atomic E-state index is 10.3. The molecule has 112 valence electrons. The lowest BCUT2D eigenvalue weighted by Crippen LogP contribution is -2.47. The minimum atomic E-state index is -0.128. The first-order valence-electron chi connectivity index (χ1n) is 8.14. The van der Waals surface area contributed by atoms with Gasteiger partial charge in [0.15, 0.2) is 0 Å². The Morgan fingerprint density at radius 2 is 1.89 bits per heavy atom. The fourth-order valence-electron chi connectivity index (χ4n) is 3.69. The van der Waals surface area contributed by atoms with Gasteiger partial charge < -0.3 is 10.2 Å². The Balaban J connectivity index is 1.89. The minimum absolute atomic E-state index is 0.128. The second kappa shape index (κ2) is 7.05. The standard InChI is InChI=1S/C16H31NO2/c1-12(2)13-6-7-16(19)14(10-13)11-17(8-9-18)15-4-3-5-15/h12-16,18-19H,3-11H2,1-2H3. The summed E-state index contributed by atoms with van der Waals surface area (Å²) in [5, 5.41) is 19.5. The number of nitrogens with zero attached hydrogens (tertiary/aromatic N) is 1. The van der Waals surface area contributed by atoms with Crippen molar-refractivity contribution in [2.45, 2.75) is 64.5 Å². The molecule has 3 atom stereocenters. The average Bonchev–Trinajstić information content (AvgIpc) is 2.29. The van der Waals surface area contributed by atoms with Crippen LogP contribution in [0.3, 0.4) is 0 Å². The number of aliphatic hydroxyl groups is 2. The summed E-state index contributed by atoms with van der Waals surface area (Å²) < 4.78 is 0. The molecule has 2 N–H and O–H groups in total. The predicted octanol–water partition coefficient (Wildman–Crippen LogP) is 2.27. The van der Waals surface area contributed by atoms with Gasteiger partial charge in [-0.25, -0.2) is 0 Å². The highest BCUT2D eigenvalue weighted by atomic mass is 16.3. The van der Waals surface area contributed by atoms with Crippen molar-refractivity contribution in [2.24, 2.45) is 17.8 Å². The largest absolute Gasteiger partial charge is 0.395 e. The molecule has 2 saturated carbocycles. The van der Waals surface area contributed by atoms with Crippen molar-refractivity contribution in [3.63, 3.8) is 0 Å². The van der Waals surface area contributed by atoms with Crippen LogP contribution in [-0.2, 0) is 0 Å². The number of rotatable bonds is 6. The smallest absolute Gasteiger partial charge is 0.0580 e. The van der Waals surface area contributed by atoms with Crippen LogP contribution in [0, 0.1) is 17.8 Å². The van der Waals surface area contributed by atoms with E-state index in [0.29, 0.717) is 12.0 Å². The molecule has 0 heterocycles. The van der Waals surface area contributed by atoms with Crippen LogP contribution in [0.2, 0.25) is 0 Å². The van der Waals surface area contributed by atoms with Crippen molar-refractivity contribution >= 4 is 0 Å². The summed E-state index contributed by atoms with van der Waals surface area (Å²) in [6.45, 7) is 6.61. The highest BCUT2D eigenvalue weighted by molar-refractivity contribution is 4.87. The zero-order chi connectivity index (χ0) is 13.8. The van der Waals surface area contributed by atoms with Crippen LogP contribution in [0.1, 0.15) is 52.4 Å². The molecule has 2 rings (SSSR count). The van der Waals surface area contributed by atoms with Crippen molar-refractivity contribution < 1.29 is 10.2 Å². The summed E-state index contributed by atoms with van der Waals surface area (Å²) >= 11 is 0. The molecule has 0 spiro atoms. The van der Waals surface area contributed by atoms with E-state index in [4.69, 9.17) is 0 Å². The molecule has 0 aromatic heterocycles. The molecule has 3 heteroatoms. The molecule has 2 aliphatic carbocycles. The molecule has 2 fully saturated rings. The lowest BCUT2D eigenvalue weighted by Gasteiger charge is -2.43. The normalized spacial score (nSPS) is 32.8. The van der Waals surface area contributed by atoms with Gasteiger partial charge in [-0.3, -0.25) is 4.90 Å². The molecule has 0 bridgehead atoms. The van der Waals surface area contributed by atoms with E-state index in [1.165, 1.54) is 25.7 Å². The Hall–Kier alpha value is -0.120. The van der Waals surface area contributed by atoms with E-state index in [1.807, 2.05) is 0 Å². The van der Waals surface area contributed by atoms with Gasteiger partial charge in [0.25, 0.3) is 0 Å². The van der Waals surface area contributed by atoms with E-state index in [9.17, 15) is 10.2 Å². The van der Waals surface area contributed by atoms with E-state index >= 15 is 0 Å². The van der Waals surface area contributed by atoms with Gasteiger partial charge in [0.05, 0.1) is 12.7 Å². The van der Waals surface area contributed by atoms with Gasteiger partial charge in [0.1, 0.15) is 0 Å². The van der Waals surface area contributed by atoms with Crippen LogP contribution < -0.4 is 0 Å². The third kappa shape index (κ3) is 3.93. The van der Waals surface area contributed by atoms with Crippen molar-refractivity contribution in [3.8, 4) is 0 Å². The molecule has 3 nitrogen and oxygen atoms in total. The predicted molar refractivity (Wildman–Crippen MR) is 78.0 cm³/mol. The summed E-state index contributed by atoms with van der Waals surface area (Å²) in [4.78, 5) is 2.43. The summed E-state index contributed by atoms with van der Waals surface area (Å²) in [5.41, 5.74) is 0. The molecule has 3 unspecified atom stereocenters. The molecule has 0 aromatic rings. The van der Waals surface area contributed by atoms with Crippen molar-refractivity contribution in [1.29, 1.82) is 0 Å². The summed E-state index contributed by atoms with van der Waals surface area (Å²) in [5.74, 6) is 1.91. The van der Waals surface area contributed by atoms with Crippen LogP contribution in [0.25, 0.3) is 0 Å². The molecule has 0 aliphatic heterocycles. The Bertz CT molecular complexity index is 265. The van der Waals surface area contributed by atoms with Crippen LogP contribution >= 0.6 is 0 Å². The zero-order valence-electron chi connectivity index (χ0n) is 12.6. The third-order valence-corrected chi connectivity index (χ3v) is 5.37. The molecular weight excluding hydrogens is 238 g/mol. The lowest BCUT2D eigenvalue weighted by molar-refractivity contribution is -0.00238. The molecule has 0 radical (unpaired) electrons. The number of hydrogen-bond acceptors (Lipinski definition) is 3. The highest BCUT2D eigenvalue weighted by Crippen LogP contribution is 2.35. The van der Waals surface area contributed by atoms with E-state index in [-0.39, 0.29) is 12.7 Å². The van der Waals surface area contributed by atoms with Gasteiger partial charge in [-0.1, -0.05) is 20.3 Å². The number of hydrogen-bond donors (Lipinski definition) is 2. The van der Waals surface area contributed by atoms with E-state index < -0.39 is 0 Å². The quantitative estimate of drug-likeness (QED) is 0.777. The Kier molecular flexibility index (Phi) is 5.67. The summed E-state index contributed by atoms with van der Waals surface area (Å²) in [7, 11) is 0. The first-order chi connectivity index (χ1) is 9.11. The maximum Gasteiger partial charge on any atom is 0.0580 e. The van der Waals surface area contributed by atoms with Gasteiger partial charge in [-0.2, -0.15) is 0 Å². The van der Waals surface area contributed by atoms with Gasteiger partial charge in [-0.15, -0.1) is 0 Å².